The lowest BCUT2D eigenvalue weighted by Gasteiger charge is -2.34. The van der Waals surface area contributed by atoms with Gasteiger partial charge in [-0.2, -0.15) is 4.31 Å². The molecule has 2 atom stereocenters. The highest BCUT2D eigenvalue weighted by molar-refractivity contribution is 7.89. The first-order chi connectivity index (χ1) is 14.2. The van der Waals surface area contributed by atoms with Gasteiger partial charge in [0.1, 0.15) is 5.58 Å². The Hall–Kier alpha value is -1.86. The summed E-state index contributed by atoms with van der Waals surface area (Å²) in [6.45, 7) is 8.11. The van der Waals surface area contributed by atoms with Gasteiger partial charge in [-0.3, -0.25) is 4.79 Å². The van der Waals surface area contributed by atoms with Crippen molar-refractivity contribution in [3.05, 3.63) is 30.0 Å². The molecule has 1 aliphatic rings. The molecule has 3 rings (SSSR count). The summed E-state index contributed by atoms with van der Waals surface area (Å²) in [7, 11) is -1.79. The minimum absolute atomic E-state index is 0.175. The number of carbonyl (C=O) groups excluding carboxylic acids is 1. The van der Waals surface area contributed by atoms with Crippen LogP contribution in [0, 0.1) is 11.8 Å². The fourth-order valence-electron chi connectivity index (χ4n) is 4.30. The smallest absolute Gasteiger partial charge is 0.289 e. The molecule has 1 aromatic carbocycles. The summed E-state index contributed by atoms with van der Waals surface area (Å²) in [5.74, 6) is 0.764. The van der Waals surface area contributed by atoms with Gasteiger partial charge in [0.15, 0.2) is 5.76 Å². The van der Waals surface area contributed by atoms with Crippen LogP contribution in [0.4, 0.5) is 0 Å². The zero-order valence-electron chi connectivity index (χ0n) is 18.6. The maximum Gasteiger partial charge on any atom is 0.289 e. The molecule has 1 fully saturated rings. The van der Waals surface area contributed by atoms with Crippen molar-refractivity contribution in [2.45, 2.75) is 57.8 Å². The number of unbranched alkanes of at least 4 members (excludes halogenated alkanes) is 3. The SMILES string of the molecule is CCCCCCN(C)C(=O)c1cc2cc(S(=O)(=O)N3CC(C)CC(C)C3)ccc2o1. The highest BCUT2D eigenvalue weighted by atomic mass is 32.2. The first-order valence-corrected chi connectivity index (χ1v) is 12.5. The van der Waals surface area contributed by atoms with Crippen LogP contribution in [-0.4, -0.2) is 50.2 Å². The van der Waals surface area contributed by atoms with Gasteiger partial charge in [-0.05, 0) is 48.9 Å². The van der Waals surface area contributed by atoms with Crippen molar-refractivity contribution in [1.82, 2.24) is 9.21 Å². The molecule has 0 bridgehead atoms. The Kier molecular flexibility index (Phi) is 7.24. The highest BCUT2D eigenvalue weighted by Gasteiger charge is 2.32. The van der Waals surface area contributed by atoms with Gasteiger partial charge in [0, 0.05) is 32.1 Å². The topological polar surface area (TPSA) is 70.8 Å². The quantitative estimate of drug-likeness (QED) is 0.562. The highest BCUT2D eigenvalue weighted by Crippen LogP contribution is 2.29. The number of carbonyl (C=O) groups is 1. The van der Waals surface area contributed by atoms with Crippen LogP contribution in [0.15, 0.2) is 33.6 Å². The van der Waals surface area contributed by atoms with E-state index in [0.29, 0.717) is 42.4 Å². The molecule has 0 radical (unpaired) electrons. The fraction of sp³-hybridized carbons (Fsp3) is 0.609. The second kappa shape index (κ2) is 9.52. The number of hydrogen-bond donors (Lipinski definition) is 0. The summed E-state index contributed by atoms with van der Waals surface area (Å²) in [5, 5.41) is 0.636. The molecule has 0 spiro atoms. The number of benzene rings is 1. The molecule has 2 heterocycles. The van der Waals surface area contributed by atoms with E-state index in [1.165, 1.54) is 6.42 Å². The summed E-state index contributed by atoms with van der Waals surface area (Å²) in [4.78, 5) is 14.6. The molecular formula is C23H34N2O4S. The normalized spacial score (nSPS) is 20.5. The number of fused-ring (bicyclic) bond motifs is 1. The largest absolute Gasteiger partial charge is 0.451 e. The second-order valence-corrected chi connectivity index (χ2v) is 10.8. The van der Waals surface area contributed by atoms with Gasteiger partial charge in [0.2, 0.25) is 10.0 Å². The van der Waals surface area contributed by atoms with Crippen LogP contribution in [0.3, 0.4) is 0 Å². The van der Waals surface area contributed by atoms with Gasteiger partial charge < -0.3 is 9.32 Å². The van der Waals surface area contributed by atoms with Gasteiger partial charge in [0.25, 0.3) is 5.91 Å². The minimum Gasteiger partial charge on any atom is -0.451 e. The minimum atomic E-state index is -3.57. The van der Waals surface area contributed by atoms with E-state index in [9.17, 15) is 13.2 Å². The molecule has 166 valence electrons. The Balaban J connectivity index is 1.78. The van der Waals surface area contributed by atoms with Crippen molar-refractivity contribution in [1.29, 1.82) is 0 Å². The van der Waals surface area contributed by atoms with Gasteiger partial charge in [-0.15, -0.1) is 0 Å². The van der Waals surface area contributed by atoms with E-state index in [1.807, 2.05) is 0 Å². The molecule has 0 saturated carbocycles. The predicted molar refractivity (Wildman–Crippen MR) is 119 cm³/mol. The van der Waals surface area contributed by atoms with Gasteiger partial charge in [-0.1, -0.05) is 40.0 Å². The Morgan fingerprint density at radius 1 is 1.13 bits per heavy atom. The predicted octanol–water partition coefficient (Wildman–Crippen LogP) is 4.75. The van der Waals surface area contributed by atoms with E-state index >= 15 is 0 Å². The number of rotatable bonds is 8. The van der Waals surface area contributed by atoms with Crippen molar-refractivity contribution in [2.75, 3.05) is 26.7 Å². The Labute approximate surface area is 180 Å². The lowest BCUT2D eigenvalue weighted by atomic mass is 9.94. The summed E-state index contributed by atoms with van der Waals surface area (Å²) in [6.07, 6.45) is 5.43. The molecule has 7 heteroatoms. The van der Waals surface area contributed by atoms with E-state index in [-0.39, 0.29) is 16.6 Å². The van der Waals surface area contributed by atoms with E-state index < -0.39 is 10.0 Å². The van der Waals surface area contributed by atoms with Gasteiger partial charge in [0.05, 0.1) is 4.90 Å². The van der Waals surface area contributed by atoms with Gasteiger partial charge >= 0.3 is 0 Å². The van der Waals surface area contributed by atoms with Crippen molar-refractivity contribution in [2.24, 2.45) is 11.8 Å². The lowest BCUT2D eigenvalue weighted by molar-refractivity contribution is 0.0763. The number of sulfonamides is 1. The number of piperidine rings is 1. The van der Waals surface area contributed by atoms with Gasteiger partial charge in [-0.25, -0.2) is 8.42 Å². The van der Waals surface area contributed by atoms with Crippen LogP contribution in [0.1, 0.15) is 63.4 Å². The zero-order chi connectivity index (χ0) is 21.9. The molecule has 6 nitrogen and oxygen atoms in total. The standard InChI is InChI=1S/C23H34N2O4S/c1-5-6-7-8-11-24(4)23(26)22-14-19-13-20(9-10-21(19)29-22)30(27,28)25-15-17(2)12-18(3)16-25/h9-10,13-14,17-18H,5-8,11-12,15-16H2,1-4H3. The van der Waals surface area contributed by atoms with E-state index in [4.69, 9.17) is 4.42 Å². The molecular weight excluding hydrogens is 400 g/mol. The fourth-order valence-corrected chi connectivity index (χ4v) is 6.02. The molecule has 2 aromatic rings. The monoisotopic (exact) mass is 434 g/mol. The molecule has 0 N–H and O–H groups in total. The molecule has 2 unspecified atom stereocenters. The van der Waals surface area contributed by atoms with Crippen molar-refractivity contribution in [3.8, 4) is 0 Å². The first-order valence-electron chi connectivity index (χ1n) is 11.0. The maximum absolute atomic E-state index is 13.2. The average molecular weight is 435 g/mol. The molecule has 1 aliphatic heterocycles. The van der Waals surface area contributed by atoms with Crippen LogP contribution >= 0.6 is 0 Å². The third kappa shape index (κ3) is 5.06. The van der Waals surface area contributed by atoms with Crippen molar-refractivity contribution in [3.63, 3.8) is 0 Å². The maximum atomic E-state index is 13.2. The summed E-state index contributed by atoms with van der Waals surface area (Å²) >= 11 is 0. The second-order valence-electron chi connectivity index (χ2n) is 8.87. The number of hydrogen-bond acceptors (Lipinski definition) is 4. The summed E-state index contributed by atoms with van der Waals surface area (Å²) < 4.78 is 33.6. The van der Waals surface area contributed by atoms with E-state index in [0.717, 1.165) is 25.7 Å². The Morgan fingerprint density at radius 3 is 2.50 bits per heavy atom. The van der Waals surface area contributed by atoms with Crippen molar-refractivity contribution < 1.29 is 17.6 Å². The third-order valence-corrected chi connectivity index (χ3v) is 7.69. The zero-order valence-corrected chi connectivity index (χ0v) is 19.4. The Morgan fingerprint density at radius 2 is 1.83 bits per heavy atom. The molecule has 1 aromatic heterocycles. The van der Waals surface area contributed by atoms with Crippen molar-refractivity contribution >= 4 is 26.9 Å². The van der Waals surface area contributed by atoms with Crippen LogP contribution in [0.5, 0.6) is 0 Å². The Bertz CT molecular complexity index is 972. The van der Waals surface area contributed by atoms with Crippen LogP contribution in [-0.2, 0) is 10.0 Å². The average Bonchev–Trinajstić information content (AvgIpc) is 3.13. The molecule has 30 heavy (non-hydrogen) atoms. The first kappa shape index (κ1) is 22.8. The molecule has 1 saturated heterocycles. The number of amides is 1. The molecule has 0 aliphatic carbocycles. The van der Waals surface area contributed by atoms with E-state index in [2.05, 4.69) is 20.8 Å². The summed E-state index contributed by atoms with van der Waals surface area (Å²) in [6, 6.07) is 6.50. The number of furan rings is 1. The molecule has 1 amide bonds. The van der Waals surface area contributed by atoms with Crippen LogP contribution in [0.25, 0.3) is 11.0 Å². The number of nitrogens with zero attached hydrogens (tertiary/aromatic N) is 2. The summed E-state index contributed by atoms with van der Waals surface area (Å²) in [5.41, 5.74) is 0.525. The van der Waals surface area contributed by atoms with Crippen LogP contribution in [0.2, 0.25) is 0 Å². The third-order valence-electron chi connectivity index (χ3n) is 5.87. The lowest BCUT2D eigenvalue weighted by Crippen LogP contribution is -2.42. The van der Waals surface area contributed by atoms with Crippen LogP contribution < -0.4 is 0 Å². The van der Waals surface area contributed by atoms with E-state index in [1.54, 1.807) is 40.5 Å².